The molecule has 0 atom stereocenters. The number of anilines is 1. The zero-order chi connectivity index (χ0) is 17.5. The number of guanidine groups is 1. The van der Waals surface area contributed by atoms with Crippen LogP contribution in [0.1, 0.15) is 23.5 Å². The monoisotopic (exact) mass is 349 g/mol. The number of aryl methyl sites for hydroxylation is 3. The molecule has 132 valence electrons. The highest BCUT2D eigenvalue weighted by atomic mass is 32.1. The molecule has 2 aromatic rings. The molecular weight excluding hydrogens is 322 g/mol. The van der Waals surface area contributed by atoms with Crippen molar-refractivity contribution in [3.05, 3.63) is 28.5 Å². The third-order valence-electron chi connectivity index (χ3n) is 3.53. The van der Waals surface area contributed by atoms with E-state index in [1.807, 2.05) is 30.6 Å². The Hall–Kier alpha value is -2.09. The van der Waals surface area contributed by atoms with Crippen LogP contribution >= 0.6 is 11.3 Å². The lowest BCUT2D eigenvalue weighted by Gasteiger charge is -2.11. The van der Waals surface area contributed by atoms with Gasteiger partial charge < -0.3 is 15.5 Å². The summed E-state index contributed by atoms with van der Waals surface area (Å²) < 4.78 is 2.05. The van der Waals surface area contributed by atoms with Gasteiger partial charge in [-0.05, 0) is 26.3 Å². The molecule has 2 aromatic heterocycles. The van der Waals surface area contributed by atoms with Gasteiger partial charge in [0.2, 0.25) is 0 Å². The maximum Gasteiger partial charge on any atom is 0.191 e. The molecule has 0 radical (unpaired) electrons. The van der Waals surface area contributed by atoms with Crippen molar-refractivity contribution in [1.82, 2.24) is 25.4 Å². The fourth-order valence-corrected chi connectivity index (χ4v) is 3.07. The van der Waals surface area contributed by atoms with Crippen molar-refractivity contribution in [3.63, 3.8) is 0 Å². The van der Waals surface area contributed by atoms with E-state index in [0.717, 1.165) is 42.0 Å². The second kappa shape index (κ2) is 8.68. The summed E-state index contributed by atoms with van der Waals surface area (Å²) in [5.74, 6) is 0.794. The van der Waals surface area contributed by atoms with Crippen molar-refractivity contribution < 1.29 is 0 Å². The lowest BCUT2D eigenvalue weighted by molar-refractivity contribution is 0.555. The second-order valence-corrected chi connectivity index (χ2v) is 6.71. The average molecular weight is 350 g/mol. The minimum absolute atomic E-state index is 0.668. The van der Waals surface area contributed by atoms with Gasteiger partial charge >= 0.3 is 0 Å². The van der Waals surface area contributed by atoms with Crippen molar-refractivity contribution in [2.45, 2.75) is 33.4 Å². The van der Waals surface area contributed by atoms with Crippen LogP contribution in [0.2, 0.25) is 0 Å². The van der Waals surface area contributed by atoms with Gasteiger partial charge in [-0.1, -0.05) is 0 Å². The highest BCUT2D eigenvalue weighted by Gasteiger charge is 2.05. The molecule has 0 aromatic carbocycles. The Bertz CT molecular complexity index is 672. The van der Waals surface area contributed by atoms with Crippen LogP contribution in [0.25, 0.3) is 0 Å². The Morgan fingerprint density at radius 1 is 1.33 bits per heavy atom. The molecule has 0 bridgehead atoms. The van der Waals surface area contributed by atoms with Crippen molar-refractivity contribution in [3.8, 4) is 0 Å². The van der Waals surface area contributed by atoms with Crippen molar-refractivity contribution in [1.29, 1.82) is 0 Å². The van der Waals surface area contributed by atoms with Crippen LogP contribution in [-0.2, 0) is 13.1 Å². The van der Waals surface area contributed by atoms with Gasteiger partial charge in [0, 0.05) is 45.3 Å². The van der Waals surface area contributed by atoms with Crippen LogP contribution in [0, 0.1) is 13.8 Å². The number of hydrogen-bond acceptors (Lipinski definition) is 5. The molecule has 8 heteroatoms. The molecule has 0 spiro atoms. The van der Waals surface area contributed by atoms with Gasteiger partial charge in [-0.3, -0.25) is 9.67 Å². The first-order chi connectivity index (χ1) is 11.5. The Morgan fingerprint density at radius 3 is 2.71 bits per heavy atom. The zero-order valence-electron chi connectivity index (χ0n) is 15.1. The standard InChI is InChI=1S/C16H27N7S/c1-12-9-13(2)23(21-12)8-6-7-18-15(17-3)19-10-14-11-24-16(20-14)22(4)5/h9,11H,6-8,10H2,1-5H3,(H2,17,18,19). The SMILES string of the molecule is CN=C(NCCCn1nc(C)cc1C)NCc1csc(N(C)C)n1. The molecule has 0 saturated carbocycles. The first kappa shape index (κ1) is 18.3. The molecule has 0 aliphatic carbocycles. The van der Waals surface area contributed by atoms with Crippen LogP contribution in [0.3, 0.4) is 0 Å². The van der Waals surface area contributed by atoms with Crippen molar-refractivity contribution in [2.24, 2.45) is 4.99 Å². The largest absolute Gasteiger partial charge is 0.356 e. The summed E-state index contributed by atoms with van der Waals surface area (Å²) in [5.41, 5.74) is 3.29. The summed E-state index contributed by atoms with van der Waals surface area (Å²) in [5, 5.41) is 14.2. The fourth-order valence-electron chi connectivity index (χ4n) is 2.31. The van der Waals surface area contributed by atoms with Crippen LogP contribution in [0.4, 0.5) is 5.13 Å². The van der Waals surface area contributed by atoms with Crippen molar-refractivity contribution >= 4 is 22.4 Å². The third kappa shape index (κ3) is 5.23. The lowest BCUT2D eigenvalue weighted by atomic mass is 10.4. The van der Waals surface area contributed by atoms with Gasteiger partial charge in [0.15, 0.2) is 11.1 Å². The topological polar surface area (TPSA) is 70.4 Å². The first-order valence-electron chi connectivity index (χ1n) is 8.07. The zero-order valence-corrected chi connectivity index (χ0v) is 15.9. The minimum Gasteiger partial charge on any atom is -0.356 e. The summed E-state index contributed by atoms with van der Waals surface area (Å²) >= 11 is 1.64. The first-order valence-corrected chi connectivity index (χ1v) is 8.95. The van der Waals surface area contributed by atoms with E-state index in [-0.39, 0.29) is 0 Å². The van der Waals surface area contributed by atoms with Crippen LogP contribution in [0.5, 0.6) is 0 Å². The maximum atomic E-state index is 4.55. The molecule has 24 heavy (non-hydrogen) atoms. The van der Waals surface area contributed by atoms with Crippen LogP contribution in [-0.4, -0.2) is 48.4 Å². The molecule has 0 saturated heterocycles. The summed E-state index contributed by atoms with van der Waals surface area (Å²) in [7, 11) is 5.78. The second-order valence-electron chi connectivity index (χ2n) is 5.87. The Morgan fingerprint density at radius 2 is 2.12 bits per heavy atom. The van der Waals surface area contributed by atoms with Gasteiger partial charge in [-0.25, -0.2) is 4.98 Å². The van der Waals surface area contributed by atoms with Gasteiger partial charge in [-0.15, -0.1) is 11.3 Å². The summed E-state index contributed by atoms with van der Waals surface area (Å²) in [6.07, 6.45) is 0.990. The van der Waals surface area contributed by atoms with E-state index in [4.69, 9.17) is 0 Å². The molecule has 7 nitrogen and oxygen atoms in total. The van der Waals surface area contributed by atoms with E-state index in [0.29, 0.717) is 6.54 Å². The highest BCUT2D eigenvalue weighted by molar-refractivity contribution is 7.13. The summed E-state index contributed by atoms with van der Waals surface area (Å²) in [6, 6.07) is 2.10. The smallest absolute Gasteiger partial charge is 0.191 e. The molecule has 0 amide bonds. The predicted molar refractivity (Wildman–Crippen MR) is 101 cm³/mol. The quantitative estimate of drug-likeness (QED) is 0.453. The minimum atomic E-state index is 0.668. The molecule has 0 fully saturated rings. The molecular formula is C16H27N7S. The number of thiazole rings is 1. The molecule has 2 N–H and O–H groups in total. The van der Waals surface area contributed by atoms with Gasteiger partial charge in [0.1, 0.15) is 0 Å². The average Bonchev–Trinajstić information content (AvgIpc) is 3.13. The van der Waals surface area contributed by atoms with E-state index >= 15 is 0 Å². The summed E-state index contributed by atoms with van der Waals surface area (Å²) in [6.45, 7) is 6.53. The number of aromatic nitrogens is 3. The van der Waals surface area contributed by atoms with Crippen LogP contribution in [0.15, 0.2) is 16.4 Å². The predicted octanol–water partition coefficient (Wildman–Crippen LogP) is 1.78. The van der Waals surface area contributed by atoms with E-state index in [9.17, 15) is 0 Å². The lowest BCUT2D eigenvalue weighted by Crippen LogP contribution is -2.37. The molecule has 2 heterocycles. The molecule has 0 aliphatic rings. The Kier molecular flexibility index (Phi) is 6.60. The van der Waals surface area contributed by atoms with Gasteiger partial charge in [-0.2, -0.15) is 5.10 Å². The number of rotatable bonds is 7. The Balaban J connectivity index is 1.71. The van der Waals surface area contributed by atoms with E-state index < -0.39 is 0 Å². The molecule has 0 unspecified atom stereocenters. The fraction of sp³-hybridized carbons (Fsp3) is 0.562. The third-order valence-corrected chi connectivity index (χ3v) is 4.58. The number of nitrogens with one attached hydrogen (secondary N) is 2. The molecule has 2 rings (SSSR count). The van der Waals surface area contributed by atoms with Gasteiger partial charge in [0.25, 0.3) is 0 Å². The van der Waals surface area contributed by atoms with E-state index in [2.05, 4.69) is 44.1 Å². The van der Waals surface area contributed by atoms with Crippen molar-refractivity contribution in [2.75, 3.05) is 32.6 Å². The number of aliphatic imine (C=N–C) groups is 1. The number of nitrogens with zero attached hydrogens (tertiary/aromatic N) is 5. The maximum absolute atomic E-state index is 4.55. The van der Waals surface area contributed by atoms with Gasteiger partial charge in [0.05, 0.1) is 17.9 Å². The Labute approximate surface area is 147 Å². The van der Waals surface area contributed by atoms with Crippen LogP contribution < -0.4 is 15.5 Å². The normalized spacial score (nSPS) is 11.6. The van der Waals surface area contributed by atoms with E-state index in [1.165, 1.54) is 5.69 Å². The van der Waals surface area contributed by atoms with E-state index in [1.54, 1.807) is 18.4 Å². The molecule has 0 aliphatic heterocycles. The highest BCUT2D eigenvalue weighted by Crippen LogP contribution is 2.17. The number of hydrogen-bond donors (Lipinski definition) is 2. The summed E-state index contributed by atoms with van der Waals surface area (Å²) in [4.78, 5) is 10.8.